The van der Waals surface area contributed by atoms with Crippen molar-refractivity contribution < 1.29 is 9.59 Å². The average molecular weight is 270 g/mol. The van der Waals surface area contributed by atoms with Gasteiger partial charge in [-0.2, -0.15) is 0 Å². The van der Waals surface area contributed by atoms with Gasteiger partial charge in [-0.15, -0.1) is 0 Å². The van der Waals surface area contributed by atoms with Gasteiger partial charge in [0.05, 0.1) is 6.04 Å². The van der Waals surface area contributed by atoms with Crippen LogP contribution in [0.3, 0.4) is 0 Å². The molecule has 0 saturated carbocycles. The molecule has 110 valence electrons. The van der Waals surface area contributed by atoms with Crippen molar-refractivity contribution in [3.05, 3.63) is 0 Å². The second-order valence-electron chi connectivity index (χ2n) is 5.24. The molecule has 1 aliphatic heterocycles. The highest BCUT2D eigenvalue weighted by molar-refractivity contribution is 5.96. The van der Waals surface area contributed by atoms with Gasteiger partial charge in [0, 0.05) is 6.54 Å². The minimum atomic E-state index is -0.782. The molecule has 1 rings (SSSR count). The molecule has 0 spiro atoms. The summed E-state index contributed by atoms with van der Waals surface area (Å²) in [6.07, 6.45) is 3.41. The molecule has 3 amide bonds. The highest BCUT2D eigenvalue weighted by Gasteiger charge is 2.27. The van der Waals surface area contributed by atoms with Crippen LogP contribution in [0.4, 0.5) is 4.79 Å². The Hall–Kier alpha value is -1.14. The van der Waals surface area contributed by atoms with Crippen LogP contribution < -0.4 is 16.4 Å². The number of nitrogens with two attached hydrogens (primary N) is 1. The molecule has 0 aliphatic carbocycles. The van der Waals surface area contributed by atoms with Crippen LogP contribution in [-0.4, -0.2) is 49.1 Å². The van der Waals surface area contributed by atoms with E-state index >= 15 is 0 Å². The van der Waals surface area contributed by atoms with Gasteiger partial charge in [0.1, 0.15) is 0 Å². The fraction of sp³-hybridized carbons (Fsp3) is 0.846. The third-order valence-corrected chi connectivity index (χ3v) is 3.58. The molecule has 0 bridgehead atoms. The number of nitrogens with zero attached hydrogens (tertiary/aromatic N) is 1. The van der Waals surface area contributed by atoms with E-state index in [0.29, 0.717) is 5.92 Å². The van der Waals surface area contributed by atoms with Gasteiger partial charge in [-0.05, 0) is 51.7 Å². The zero-order valence-electron chi connectivity index (χ0n) is 11.9. The Kier molecular flexibility index (Phi) is 6.80. The monoisotopic (exact) mass is 270 g/mol. The van der Waals surface area contributed by atoms with Gasteiger partial charge in [-0.1, -0.05) is 6.92 Å². The molecule has 1 aliphatic rings. The minimum absolute atomic E-state index is 0.304. The third-order valence-electron chi connectivity index (χ3n) is 3.58. The van der Waals surface area contributed by atoms with Crippen LogP contribution >= 0.6 is 0 Å². The van der Waals surface area contributed by atoms with Crippen molar-refractivity contribution in [1.82, 2.24) is 15.5 Å². The fourth-order valence-corrected chi connectivity index (χ4v) is 2.49. The normalized spacial score (nSPS) is 21.9. The second-order valence-corrected chi connectivity index (χ2v) is 5.24. The maximum atomic E-state index is 11.8. The van der Waals surface area contributed by atoms with E-state index in [1.54, 1.807) is 0 Å². The summed E-state index contributed by atoms with van der Waals surface area (Å²) >= 11 is 0. The van der Waals surface area contributed by atoms with Gasteiger partial charge in [0.25, 0.3) is 0 Å². The molecule has 6 nitrogen and oxygen atoms in total. The summed E-state index contributed by atoms with van der Waals surface area (Å²) in [5.74, 6) is 0.263. The van der Waals surface area contributed by atoms with Crippen molar-refractivity contribution in [3.63, 3.8) is 0 Å². The largest absolute Gasteiger partial charge is 0.351 e. The van der Waals surface area contributed by atoms with Gasteiger partial charge in [-0.3, -0.25) is 15.0 Å². The number of piperidine rings is 1. The number of urea groups is 1. The Morgan fingerprint density at radius 2 is 2.21 bits per heavy atom. The summed E-state index contributed by atoms with van der Waals surface area (Å²) < 4.78 is 0. The van der Waals surface area contributed by atoms with Crippen molar-refractivity contribution in [2.75, 3.05) is 26.2 Å². The van der Waals surface area contributed by atoms with E-state index in [1.807, 2.05) is 6.92 Å². The Morgan fingerprint density at radius 3 is 2.84 bits per heavy atom. The van der Waals surface area contributed by atoms with Crippen molar-refractivity contribution in [1.29, 1.82) is 0 Å². The first kappa shape index (κ1) is 15.9. The number of imide groups is 1. The summed E-state index contributed by atoms with van der Waals surface area (Å²) in [6, 6.07) is -1.09. The first-order valence-electron chi connectivity index (χ1n) is 7.09. The second kappa shape index (κ2) is 8.12. The van der Waals surface area contributed by atoms with Crippen LogP contribution in [0.5, 0.6) is 0 Å². The van der Waals surface area contributed by atoms with E-state index in [4.69, 9.17) is 5.73 Å². The van der Waals surface area contributed by atoms with E-state index in [0.717, 1.165) is 39.0 Å². The number of primary amides is 1. The number of likely N-dealkylation sites (tertiary alicyclic amines) is 1. The molecular weight excluding hydrogens is 244 g/mol. The molecule has 1 fully saturated rings. The highest BCUT2D eigenvalue weighted by atomic mass is 16.2. The topological polar surface area (TPSA) is 87.5 Å². The van der Waals surface area contributed by atoms with E-state index in [9.17, 15) is 9.59 Å². The number of hydrogen-bond donors (Lipinski definition) is 3. The van der Waals surface area contributed by atoms with Crippen molar-refractivity contribution in [2.45, 2.75) is 39.2 Å². The lowest BCUT2D eigenvalue weighted by molar-refractivity contribution is -0.125. The Labute approximate surface area is 115 Å². The molecule has 4 N–H and O–H groups in total. The first-order chi connectivity index (χ1) is 9.04. The lowest BCUT2D eigenvalue weighted by Gasteiger charge is -2.36. The quantitative estimate of drug-likeness (QED) is 0.605. The molecule has 0 aromatic carbocycles. The molecule has 1 saturated heterocycles. The predicted octanol–water partition coefficient (Wildman–Crippen LogP) is 0.281. The van der Waals surface area contributed by atoms with Crippen LogP contribution in [0.2, 0.25) is 0 Å². The standard InChI is InChI=1S/C13H26N4O2/c1-3-6-15-8-11-5-4-7-17(9-11)10(2)12(18)16-13(14)19/h10-11,15H,3-9H2,1-2H3,(H3,14,16,18,19). The summed E-state index contributed by atoms with van der Waals surface area (Å²) in [4.78, 5) is 24.6. The van der Waals surface area contributed by atoms with Crippen molar-refractivity contribution >= 4 is 11.9 Å². The molecule has 2 atom stereocenters. The highest BCUT2D eigenvalue weighted by Crippen LogP contribution is 2.18. The van der Waals surface area contributed by atoms with Crippen LogP contribution in [0.15, 0.2) is 0 Å². The van der Waals surface area contributed by atoms with E-state index in [1.165, 1.54) is 6.42 Å². The van der Waals surface area contributed by atoms with Crippen LogP contribution in [0, 0.1) is 5.92 Å². The zero-order valence-corrected chi connectivity index (χ0v) is 11.9. The third kappa shape index (κ3) is 5.57. The Morgan fingerprint density at radius 1 is 1.47 bits per heavy atom. The average Bonchev–Trinajstić information content (AvgIpc) is 2.38. The van der Waals surface area contributed by atoms with Gasteiger partial charge < -0.3 is 11.1 Å². The Bertz CT molecular complexity index is 309. The number of carbonyl (C=O) groups excluding carboxylic acids is 2. The smallest absolute Gasteiger partial charge is 0.318 e. The molecule has 1 heterocycles. The van der Waals surface area contributed by atoms with E-state index in [2.05, 4.69) is 22.5 Å². The van der Waals surface area contributed by atoms with Crippen molar-refractivity contribution in [2.24, 2.45) is 11.7 Å². The van der Waals surface area contributed by atoms with Gasteiger partial charge in [0.15, 0.2) is 0 Å². The maximum Gasteiger partial charge on any atom is 0.318 e. The maximum absolute atomic E-state index is 11.8. The summed E-state index contributed by atoms with van der Waals surface area (Å²) in [6.45, 7) is 7.79. The number of rotatable bonds is 6. The first-order valence-corrected chi connectivity index (χ1v) is 7.09. The summed E-state index contributed by atoms with van der Waals surface area (Å²) in [5.41, 5.74) is 4.97. The number of amides is 3. The number of nitrogens with one attached hydrogen (secondary N) is 2. The predicted molar refractivity (Wildman–Crippen MR) is 74.6 cm³/mol. The lowest BCUT2D eigenvalue weighted by Crippen LogP contribution is -2.52. The van der Waals surface area contributed by atoms with Crippen LogP contribution in [-0.2, 0) is 4.79 Å². The molecule has 0 aromatic rings. The molecule has 0 aromatic heterocycles. The molecule has 6 heteroatoms. The molecule has 19 heavy (non-hydrogen) atoms. The SMILES string of the molecule is CCCNCC1CCCN(C(C)C(=O)NC(N)=O)C1. The van der Waals surface area contributed by atoms with E-state index < -0.39 is 6.03 Å². The molecule has 0 radical (unpaired) electrons. The van der Waals surface area contributed by atoms with Gasteiger partial charge >= 0.3 is 6.03 Å². The van der Waals surface area contributed by atoms with Crippen LogP contribution in [0.1, 0.15) is 33.1 Å². The number of hydrogen-bond acceptors (Lipinski definition) is 4. The molecular formula is C13H26N4O2. The summed E-state index contributed by atoms with van der Waals surface area (Å²) in [5, 5.41) is 5.57. The summed E-state index contributed by atoms with van der Waals surface area (Å²) in [7, 11) is 0. The fourth-order valence-electron chi connectivity index (χ4n) is 2.49. The molecule has 2 unspecified atom stereocenters. The number of carbonyl (C=O) groups is 2. The van der Waals surface area contributed by atoms with Crippen LogP contribution in [0.25, 0.3) is 0 Å². The Balaban J connectivity index is 2.40. The zero-order chi connectivity index (χ0) is 14.3. The van der Waals surface area contributed by atoms with Gasteiger partial charge in [0.2, 0.25) is 5.91 Å². The minimum Gasteiger partial charge on any atom is -0.351 e. The van der Waals surface area contributed by atoms with E-state index in [-0.39, 0.29) is 11.9 Å². The lowest BCUT2D eigenvalue weighted by atomic mass is 9.96. The van der Waals surface area contributed by atoms with Gasteiger partial charge in [-0.25, -0.2) is 4.79 Å². The van der Waals surface area contributed by atoms with Crippen molar-refractivity contribution in [3.8, 4) is 0 Å².